The highest BCUT2D eigenvalue weighted by atomic mass is 32.1. The van der Waals surface area contributed by atoms with Crippen LogP contribution in [0.25, 0.3) is 0 Å². The SMILES string of the molecule is CCCCCCNc1sc(C(=O)NCCC)c(N)c1C#N. The van der Waals surface area contributed by atoms with E-state index in [1.807, 2.05) is 6.92 Å². The van der Waals surface area contributed by atoms with E-state index in [2.05, 4.69) is 23.6 Å². The van der Waals surface area contributed by atoms with E-state index in [4.69, 9.17) is 5.73 Å². The van der Waals surface area contributed by atoms with Gasteiger partial charge < -0.3 is 16.4 Å². The summed E-state index contributed by atoms with van der Waals surface area (Å²) in [4.78, 5) is 12.4. The van der Waals surface area contributed by atoms with Crippen molar-refractivity contribution in [2.24, 2.45) is 0 Å². The molecule has 116 valence electrons. The number of unbranched alkanes of at least 4 members (excludes halogenated alkanes) is 3. The third kappa shape index (κ3) is 4.94. The fourth-order valence-corrected chi connectivity index (χ4v) is 2.93. The summed E-state index contributed by atoms with van der Waals surface area (Å²) in [5.74, 6) is -0.199. The summed E-state index contributed by atoms with van der Waals surface area (Å²) in [5.41, 5.74) is 6.60. The molecule has 1 heterocycles. The van der Waals surface area contributed by atoms with Crippen LogP contribution >= 0.6 is 11.3 Å². The van der Waals surface area contributed by atoms with E-state index in [0.29, 0.717) is 22.0 Å². The van der Waals surface area contributed by atoms with Crippen molar-refractivity contribution < 1.29 is 4.79 Å². The van der Waals surface area contributed by atoms with Crippen LogP contribution in [0.2, 0.25) is 0 Å². The van der Waals surface area contributed by atoms with Crippen LogP contribution in [0, 0.1) is 11.3 Å². The number of carbonyl (C=O) groups excluding carboxylic acids is 1. The second-order valence-corrected chi connectivity index (χ2v) is 5.92. The molecule has 0 aliphatic heterocycles. The maximum atomic E-state index is 12.0. The average molecular weight is 308 g/mol. The molecule has 0 radical (unpaired) electrons. The Morgan fingerprint density at radius 2 is 2.00 bits per heavy atom. The van der Waals surface area contributed by atoms with Gasteiger partial charge in [0.2, 0.25) is 0 Å². The maximum Gasteiger partial charge on any atom is 0.263 e. The van der Waals surface area contributed by atoms with E-state index < -0.39 is 0 Å². The van der Waals surface area contributed by atoms with Gasteiger partial charge in [0, 0.05) is 13.1 Å². The number of anilines is 2. The smallest absolute Gasteiger partial charge is 0.263 e. The highest BCUT2D eigenvalue weighted by molar-refractivity contribution is 7.18. The summed E-state index contributed by atoms with van der Waals surface area (Å²) in [6.07, 6.45) is 5.48. The molecule has 1 amide bonds. The van der Waals surface area contributed by atoms with Crippen molar-refractivity contribution in [3.8, 4) is 6.07 Å². The number of amides is 1. The standard InChI is InChI=1S/C15H24N4OS/c1-3-5-6-7-9-19-15-11(10-16)12(17)13(21-15)14(20)18-8-4-2/h19H,3-9,17H2,1-2H3,(H,18,20). The molecule has 1 aromatic rings. The van der Waals surface area contributed by atoms with Gasteiger partial charge in [-0.1, -0.05) is 33.1 Å². The van der Waals surface area contributed by atoms with Crippen LogP contribution in [0.5, 0.6) is 0 Å². The van der Waals surface area contributed by atoms with E-state index in [-0.39, 0.29) is 11.6 Å². The highest BCUT2D eigenvalue weighted by Gasteiger charge is 2.20. The van der Waals surface area contributed by atoms with Gasteiger partial charge in [0.15, 0.2) is 0 Å². The second kappa shape index (κ2) is 9.24. The first-order valence-corrected chi connectivity index (χ1v) is 8.31. The number of nitrogens with zero attached hydrogens (tertiary/aromatic N) is 1. The number of hydrogen-bond acceptors (Lipinski definition) is 5. The van der Waals surface area contributed by atoms with Gasteiger partial charge in [0.25, 0.3) is 5.91 Å². The summed E-state index contributed by atoms with van der Waals surface area (Å²) in [6, 6.07) is 2.09. The molecule has 21 heavy (non-hydrogen) atoms. The van der Waals surface area contributed by atoms with Crippen LogP contribution in [-0.4, -0.2) is 19.0 Å². The van der Waals surface area contributed by atoms with Gasteiger partial charge in [0.05, 0.1) is 5.69 Å². The van der Waals surface area contributed by atoms with Crippen molar-refractivity contribution in [1.82, 2.24) is 5.32 Å². The maximum absolute atomic E-state index is 12.0. The third-order valence-electron chi connectivity index (χ3n) is 3.11. The van der Waals surface area contributed by atoms with E-state index in [9.17, 15) is 10.1 Å². The molecule has 6 heteroatoms. The van der Waals surface area contributed by atoms with E-state index >= 15 is 0 Å². The van der Waals surface area contributed by atoms with Crippen LogP contribution in [0.1, 0.15) is 61.2 Å². The van der Waals surface area contributed by atoms with Crippen molar-refractivity contribution in [1.29, 1.82) is 5.26 Å². The van der Waals surface area contributed by atoms with Crippen molar-refractivity contribution in [3.63, 3.8) is 0 Å². The minimum absolute atomic E-state index is 0.199. The van der Waals surface area contributed by atoms with Gasteiger partial charge in [-0.15, -0.1) is 11.3 Å². The second-order valence-electron chi connectivity index (χ2n) is 4.90. The minimum Gasteiger partial charge on any atom is -0.396 e. The molecule has 0 aliphatic rings. The Balaban J connectivity index is 2.72. The predicted octanol–water partition coefficient (Wildman–Crippen LogP) is 3.33. The molecule has 0 spiro atoms. The molecule has 0 aromatic carbocycles. The highest BCUT2D eigenvalue weighted by Crippen LogP contribution is 2.35. The van der Waals surface area contributed by atoms with Gasteiger partial charge in [-0.2, -0.15) is 5.26 Å². The first-order valence-electron chi connectivity index (χ1n) is 7.50. The minimum atomic E-state index is -0.199. The van der Waals surface area contributed by atoms with Gasteiger partial charge in [-0.25, -0.2) is 0 Å². The van der Waals surface area contributed by atoms with Crippen molar-refractivity contribution >= 4 is 27.9 Å². The number of nitriles is 1. The molecular formula is C15H24N4OS. The average Bonchev–Trinajstić information content (AvgIpc) is 2.80. The molecule has 0 bridgehead atoms. The first kappa shape index (κ1) is 17.3. The van der Waals surface area contributed by atoms with Gasteiger partial charge >= 0.3 is 0 Å². The lowest BCUT2D eigenvalue weighted by Crippen LogP contribution is -2.23. The Hall–Kier alpha value is -1.74. The van der Waals surface area contributed by atoms with E-state index in [1.54, 1.807) is 0 Å². The Kier molecular flexibility index (Phi) is 7.62. The van der Waals surface area contributed by atoms with Gasteiger partial charge in [-0.3, -0.25) is 4.79 Å². The summed E-state index contributed by atoms with van der Waals surface area (Å²) in [7, 11) is 0. The van der Waals surface area contributed by atoms with Gasteiger partial charge in [-0.05, 0) is 12.8 Å². The molecule has 0 saturated heterocycles. The Morgan fingerprint density at radius 1 is 1.24 bits per heavy atom. The molecule has 0 aliphatic carbocycles. The molecule has 4 N–H and O–H groups in total. The number of thiophene rings is 1. The zero-order valence-electron chi connectivity index (χ0n) is 12.8. The summed E-state index contributed by atoms with van der Waals surface area (Å²) >= 11 is 1.26. The number of nitrogens with two attached hydrogens (primary N) is 1. The van der Waals surface area contributed by atoms with Crippen molar-refractivity contribution in [2.75, 3.05) is 24.1 Å². The first-order chi connectivity index (χ1) is 10.2. The largest absolute Gasteiger partial charge is 0.396 e. The number of rotatable bonds is 9. The van der Waals surface area contributed by atoms with E-state index in [1.165, 1.54) is 24.2 Å². The Bertz CT molecular complexity index is 505. The summed E-state index contributed by atoms with van der Waals surface area (Å²) in [5, 5.41) is 15.9. The molecule has 0 fully saturated rings. The van der Waals surface area contributed by atoms with E-state index in [0.717, 1.165) is 25.8 Å². The monoisotopic (exact) mass is 308 g/mol. The van der Waals surface area contributed by atoms with Crippen LogP contribution < -0.4 is 16.4 Å². The Labute approximate surface area is 130 Å². The Morgan fingerprint density at radius 3 is 2.62 bits per heavy atom. The number of nitrogens with one attached hydrogen (secondary N) is 2. The quantitative estimate of drug-likeness (QED) is 0.610. The normalized spacial score (nSPS) is 10.1. The van der Waals surface area contributed by atoms with Crippen molar-refractivity contribution in [2.45, 2.75) is 46.0 Å². The molecule has 1 rings (SSSR count). The number of nitrogen functional groups attached to an aromatic ring is 1. The molecule has 0 saturated carbocycles. The molecule has 1 aromatic heterocycles. The molecule has 5 nitrogen and oxygen atoms in total. The topological polar surface area (TPSA) is 90.9 Å². The lowest BCUT2D eigenvalue weighted by Gasteiger charge is -2.03. The summed E-state index contributed by atoms with van der Waals surface area (Å²) < 4.78 is 0. The molecular weight excluding hydrogens is 284 g/mol. The lowest BCUT2D eigenvalue weighted by molar-refractivity contribution is 0.0958. The molecule has 0 atom stereocenters. The van der Waals surface area contributed by atoms with Gasteiger partial charge in [0.1, 0.15) is 21.5 Å². The number of hydrogen-bond donors (Lipinski definition) is 3. The predicted molar refractivity (Wildman–Crippen MR) is 88.7 cm³/mol. The van der Waals surface area contributed by atoms with Crippen molar-refractivity contribution in [3.05, 3.63) is 10.4 Å². The van der Waals surface area contributed by atoms with Crippen LogP contribution in [0.15, 0.2) is 0 Å². The number of carbonyl (C=O) groups is 1. The zero-order valence-corrected chi connectivity index (χ0v) is 13.6. The fourth-order valence-electron chi connectivity index (χ4n) is 1.92. The zero-order chi connectivity index (χ0) is 15.7. The van der Waals surface area contributed by atoms with Crippen LogP contribution in [0.3, 0.4) is 0 Å². The van der Waals surface area contributed by atoms with Crippen LogP contribution in [0.4, 0.5) is 10.7 Å². The summed E-state index contributed by atoms with van der Waals surface area (Å²) in [6.45, 7) is 5.56. The van der Waals surface area contributed by atoms with Crippen LogP contribution in [-0.2, 0) is 0 Å². The molecule has 0 unspecified atom stereocenters. The third-order valence-corrected chi connectivity index (χ3v) is 4.28. The fraction of sp³-hybridized carbons (Fsp3) is 0.600. The lowest BCUT2D eigenvalue weighted by atomic mass is 10.2.